The highest BCUT2D eigenvalue weighted by atomic mass is 16.5. The lowest BCUT2D eigenvalue weighted by atomic mass is 9.52. The lowest BCUT2D eigenvalue weighted by molar-refractivity contribution is -0.166. The third-order valence-electron chi connectivity index (χ3n) is 10.4. The molecular formula is C30H50O5. The minimum atomic E-state index is -0.198. The zero-order chi connectivity index (χ0) is 25.8. The molecule has 0 N–H and O–H groups in total. The van der Waals surface area contributed by atoms with Crippen LogP contribution in [-0.2, 0) is 23.9 Å². The zero-order valence-electron chi connectivity index (χ0n) is 23.1. The first-order valence-electron chi connectivity index (χ1n) is 14.4. The van der Waals surface area contributed by atoms with Crippen molar-refractivity contribution in [3.63, 3.8) is 0 Å². The summed E-state index contributed by atoms with van der Waals surface area (Å²) in [7, 11) is 0. The van der Waals surface area contributed by atoms with Crippen LogP contribution in [0.15, 0.2) is 0 Å². The van der Waals surface area contributed by atoms with Crippen LogP contribution in [0.1, 0.15) is 112 Å². The highest BCUT2D eigenvalue weighted by Crippen LogP contribution is 2.63. The van der Waals surface area contributed by atoms with Gasteiger partial charge in [0.05, 0.1) is 0 Å². The maximum Gasteiger partial charge on any atom is 0.302 e. The Balaban J connectivity index is 1.96. The van der Waals surface area contributed by atoms with Gasteiger partial charge in [0.15, 0.2) is 0 Å². The Morgan fingerprint density at radius 1 is 1.00 bits per heavy atom. The average Bonchev–Trinajstić information content (AvgIpc) is 3.15. The van der Waals surface area contributed by atoms with Crippen LogP contribution >= 0.6 is 0 Å². The predicted octanol–water partition coefficient (Wildman–Crippen LogP) is 6.76. The van der Waals surface area contributed by atoms with Crippen molar-refractivity contribution in [3.8, 4) is 0 Å². The van der Waals surface area contributed by atoms with Crippen LogP contribution in [0.3, 0.4) is 0 Å². The van der Waals surface area contributed by atoms with Crippen LogP contribution in [0.2, 0.25) is 0 Å². The molecule has 3 unspecified atom stereocenters. The normalized spacial score (nSPS) is 40.6. The number of hydrogen-bond donors (Lipinski definition) is 0. The summed E-state index contributed by atoms with van der Waals surface area (Å²) in [5, 5.41) is 0. The lowest BCUT2D eigenvalue weighted by Crippen LogP contribution is -2.51. The van der Waals surface area contributed by atoms with Gasteiger partial charge in [-0.05, 0) is 105 Å². The number of hydrogen-bond acceptors (Lipinski definition) is 5. The largest absolute Gasteiger partial charge is 0.463 e. The molecule has 0 bridgehead atoms. The molecule has 3 aliphatic carbocycles. The molecule has 0 aromatic carbocycles. The van der Waals surface area contributed by atoms with E-state index in [2.05, 4.69) is 27.7 Å². The Hall–Kier alpha value is -1.39. The molecule has 10 atom stereocenters. The molecule has 200 valence electrons. The number of carbonyl (C=O) groups excluding carboxylic acids is 3. The van der Waals surface area contributed by atoms with Crippen molar-refractivity contribution in [2.24, 2.45) is 46.8 Å². The number of aldehydes is 1. The molecule has 0 spiro atoms. The van der Waals surface area contributed by atoms with Crippen LogP contribution in [0, 0.1) is 46.8 Å². The van der Waals surface area contributed by atoms with E-state index in [1.165, 1.54) is 32.6 Å². The Morgan fingerprint density at radius 3 is 2.31 bits per heavy atom. The smallest absolute Gasteiger partial charge is 0.302 e. The molecule has 0 radical (unpaired) electrons. The van der Waals surface area contributed by atoms with Gasteiger partial charge in [-0.25, -0.2) is 0 Å². The second-order valence-corrected chi connectivity index (χ2v) is 12.4. The van der Waals surface area contributed by atoms with Crippen LogP contribution < -0.4 is 0 Å². The summed E-state index contributed by atoms with van der Waals surface area (Å²) >= 11 is 0. The second kappa shape index (κ2) is 12.2. The summed E-state index contributed by atoms with van der Waals surface area (Å²) < 4.78 is 12.0. The van der Waals surface area contributed by atoms with E-state index in [0.717, 1.165) is 44.8 Å². The Morgan fingerprint density at radius 2 is 1.69 bits per heavy atom. The highest BCUT2D eigenvalue weighted by molar-refractivity contribution is 5.66. The third kappa shape index (κ3) is 6.31. The molecule has 0 aliphatic heterocycles. The molecule has 0 aromatic rings. The van der Waals surface area contributed by atoms with E-state index < -0.39 is 0 Å². The van der Waals surface area contributed by atoms with Crippen molar-refractivity contribution in [3.05, 3.63) is 0 Å². The molecule has 35 heavy (non-hydrogen) atoms. The van der Waals surface area contributed by atoms with Gasteiger partial charge in [-0.1, -0.05) is 27.7 Å². The quantitative estimate of drug-likeness (QED) is 0.291. The van der Waals surface area contributed by atoms with Crippen LogP contribution in [0.5, 0.6) is 0 Å². The fraction of sp³-hybridized carbons (Fsp3) is 0.900. The van der Waals surface area contributed by atoms with Crippen molar-refractivity contribution in [2.45, 2.75) is 124 Å². The fourth-order valence-corrected chi connectivity index (χ4v) is 8.71. The first-order chi connectivity index (χ1) is 16.6. The van der Waals surface area contributed by atoms with E-state index in [1.54, 1.807) is 6.92 Å². The first-order valence-corrected chi connectivity index (χ1v) is 14.4. The van der Waals surface area contributed by atoms with Gasteiger partial charge in [0.2, 0.25) is 0 Å². The predicted molar refractivity (Wildman–Crippen MR) is 138 cm³/mol. The van der Waals surface area contributed by atoms with Crippen molar-refractivity contribution in [1.82, 2.24) is 0 Å². The molecule has 0 aromatic heterocycles. The van der Waals surface area contributed by atoms with Gasteiger partial charge in [0, 0.05) is 26.2 Å². The van der Waals surface area contributed by atoms with Crippen LogP contribution in [0.4, 0.5) is 0 Å². The molecule has 3 fully saturated rings. The third-order valence-corrected chi connectivity index (χ3v) is 10.4. The standard InChI is InChI=1S/C30H50O5/c1-7-23-11-13-24(34-21(4)32)12-10-19(2)25-16-17-30(6)26(20(3)9-8-18-31)14-15-27(30)28(25)29(23)35-22(5)33/h18-20,23-29H,7-17H2,1-6H3/t19?,20-,23-,24-,25-,26?,27+,28-,29-,30?/m1/s1. The van der Waals surface area contributed by atoms with E-state index in [0.29, 0.717) is 41.9 Å². The molecular weight excluding hydrogens is 440 g/mol. The molecule has 0 heterocycles. The number of rotatable bonds is 7. The van der Waals surface area contributed by atoms with Gasteiger partial charge in [0.25, 0.3) is 0 Å². The molecule has 0 amide bonds. The van der Waals surface area contributed by atoms with Gasteiger partial charge in [-0.15, -0.1) is 0 Å². The number of fused-ring (bicyclic) bond motifs is 3. The Labute approximate surface area is 213 Å². The summed E-state index contributed by atoms with van der Waals surface area (Å²) in [6.45, 7) is 12.5. The summed E-state index contributed by atoms with van der Waals surface area (Å²) in [5.74, 6) is 3.04. The fourth-order valence-electron chi connectivity index (χ4n) is 8.71. The molecule has 3 rings (SSSR count). The van der Waals surface area contributed by atoms with E-state index in [4.69, 9.17) is 9.47 Å². The summed E-state index contributed by atoms with van der Waals surface area (Å²) in [4.78, 5) is 35.2. The lowest BCUT2D eigenvalue weighted by Gasteiger charge is -2.54. The van der Waals surface area contributed by atoms with Crippen LogP contribution in [-0.4, -0.2) is 30.4 Å². The summed E-state index contributed by atoms with van der Waals surface area (Å²) in [6, 6.07) is 0. The van der Waals surface area contributed by atoms with E-state index in [9.17, 15) is 14.4 Å². The maximum atomic E-state index is 12.4. The van der Waals surface area contributed by atoms with Gasteiger partial charge in [-0.2, -0.15) is 0 Å². The molecule has 0 saturated heterocycles. The zero-order valence-corrected chi connectivity index (χ0v) is 23.1. The number of ether oxygens (including phenoxy) is 2. The monoisotopic (exact) mass is 490 g/mol. The molecule has 3 saturated carbocycles. The van der Waals surface area contributed by atoms with E-state index in [1.807, 2.05) is 0 Å². The van der Waals surface area contributed by atoms with E-state index >= 15 is 0 Å². The maximum absolute atomic E-state index is 12.4. The number of esters is 2. The topological polar surface area (TPSA) is 69.7 Å². The summed E-state index contributed by atoms with van der Waals surface area (Å²) in [5.41, 5.74) is 0.240. The molecule has 5 heteroatoms. The van der Waals surface area contributed by atoms with Crippen molar-refractivity contribution >= 4 is 18.2 Å². The van der Waals surface area contributed by atoms with Crippen LogP contribution in [0.25, 0.3) is 0 Å². The second-order valence-electron chi connectivity index (χ2n) is 12.4. The SMILES string of the molecule is CC[C@@H]1CC[C@H](OC(C)=O)CCC(C)[C@H]2CCC3(C)C([C@H](C)CCC=O)CC[C@H]3[C@@H]2[C@@H]1OC(C)=O. The van der Waals surface area contributed by atoms with E-state index in [-0.39, 0.29) is 35.5 Å². The van der Waals surface area contributed by atoms with Gasteiger partial charge in [-0.3, -0.25) is 9.59 Å². The van der Waals surface area contributed by atoms with Crippen molar-refractivity contribution < 1.29 is 23.9 Å². The molecule has 3 aliphatic rings. The first kappa shape index (κ1) is 28.2. The average molecular weight is 491 g/mol. The molecule has 5 nitrogen and oxygen atoms in total. The van der Waals surface area contributed by atoms with Gasteiger partial charge in [0.1, 0.15) is 18.5 Å². The Kier molecular flexibility index (Phi) is 9.85. The number of carbonyl (C=O) groups is 3. The van der Waals surface area contributed by atoms with Gasteiger partial charge >= 0.3 is 11.9 Å². The van der Waals surface area contributed by atoms with Gasteiger partial charge < -0.3 is 14.3 Å². The minimum absolute atomic E-state index is 0.0399. The van der Waals surface area contributed by atoms with Crippen molar-refractivity contribution in [1.29, 1.82) is 0 Å². The summed E-state index contributed by atoms with van der Waals surface area (Å²) in [6.07, 6.45) is 12.1. The Bertz CT molecular complexity index is 734. The highest BCUT2D eigenvalue weighted by Gasteiger charge is 2.58. The van der Waals surface area contributed by atoms with Crippen molar-refractivity contribution in [2.75, 3.05) is 0 Å². The minimum Gasteiger partial charge on any atom is -0.463 e.